The highest BCUT2D eigenvalue weighted by molar-refractivity contribution is 7.89. The summed E-state index contributed by atoms with van der Waals surface area (Å²) < 4.78 is 37.2. The summed E-state index contributed by atoms with van der Waals surface area (Å²) in [6, 6.07) is 0.295. The fourth-order valence-corrected chi connectivity index (χ4v) is 4.77. The minimum atomic E-state index is -3.12. The van der Waals surface area contributed by atoms with Crippen LogP contribution in [0.4, 0.5) is 0 Å². The number of hydrogen-bond acceptors (Lipinski definition) is 4. The molecule has 7 nitrogen and oxygen atoms in total. The molecular weight excluding hydrogens is 348 g/mol. The fourth-order valence-electron chi connectivity index (χ4n) is 2.76. The molecule has 0 amide bonds. The zero-order valence-electron chi connectivity index (χ0n) is 15.0. The first kappa shape index (κ1) is 21.4. The molecule has 9 heteroatoms. The number of nitrogens with zero attached hydrogens (tertiary/aromatic N) is 1. The van der Waals surface area contributed by atoms with Gasteiger partial charge >= 0.3 is 0 Å². The third-order valence-corrected chi connectivity index (χ3v) is 7.34. The molecule has 3 N–H and O–H groups in total. The highest BCUT2D eigenvalue weighted by atomic mass is 32.2. The molecule has 0 saturated heterocycles. The Morgan fingerprint density at radius 1 is 1.25 bits per heavy atom. The van der Waals surface area contributed by atoms with Crippen LogP contribution >= 0.6 is 0 Å². The van der Waals surface area contributed by atoms with Crippen molar-refractivity contribution in [1.29, 1.82) is 0 Å². The summed E-state index contributed by atoms with van der Waals surface area (Å²) >= 11 is 0. The SMILES string of the molecule is CCS(=O)C1CCCC(NC(=NC)NCCCNS(=O)(=O)CC)C1. The van der Waals surface area contributed by atoms with Crippen LogP contribution in [0.5, 0.6) is 0 Å². The molecule has 1 aliphatic rings. The molecule has 0 radical (unpaired) electrons. The van der Waals surface area contributed by atoms with Crippen LogP contribution in [0.3, 0.4) is 0 Å². The third-order valence-electron chi connectivity index (χ3n) is 4.19. The van der Waals surface area contributed by atoms with Gasteiger partial charge in [0.1, 0.15) is 0 Å². The van der Waals surface area contributed by atoms with Crippen molar-refractivity contribution in [2.75, 3.05) is 31.6 Å². The van der Waals surface area contributed by atoms with Gasteiger partial charge in [0.05, 0.1) is 5.75 Å². The Balaban J connectivity index is 2.31. The zero-order valence-corrected chi connectivity index (χ0v) is 16.6. The Morgan fingerprint density at radius 2 is 2.00 bits per heavy atom. The molecule has 142 valence electrons. The highest BCUT2D eigenvalue weighted by Crippen LogP contribution is 2.22. The van der Waals surface area contributed by atoms with Crippen molar-refractivity contribution in [3.05, 3.63) is 0 Å². The number of hydrogen-bond donors (Lipinski definition) is 3. The molecule has 0 aliphatic heterocycles. The van der Waals surface area contributed by atoms with Gasteiger partial charge in [0, 0.05) is 48.0 Å². The lowest BCUT2D eigenvalue weighted by Gasteiger charge is -2.30. The molecule has 1 aliphatic carbocycles. The van der Waals surface area contributed by atoms with Crippen LogP contribution in [-0.2, 0) is 20.8 Å². The summed E-state index contributed by atoms with van der Waals surface area (Å²) in [5.41, 5.74) is 0. The van der Waals surface area contributed by atoms with E-state index in [1.54, 1.807) is 14.0 Å². The van der Waals surface area contributed by atoms with E-state index in [1.165, 1.54) is 0 Å². The van der Waals surface area contributed by atoms with Crippen LogP contribution in [0.15, 0.2) is 4.99 Å². The zero-order chi connectivity index (χ0) is 18.0. The van der Waals surface area contributed by atoms with Crippen molar-refractivity contribution < 1.29 is 12.6 Å². The van der Waals surface area contributed by atoms with Crippen LogP contribution in [0.1, 0.15) is 46.0 Å². The first-order valence-electron chi connectivity index (χ1n) is 8.73. The first-order chi connectivity index (χ1) is 11.4. The fraction of sp³-hybridized carbons (Fsp3) is 0.933. The predicted octanol–water partition coefficient (Wildman–Crippen LogP) is 0.561. The maximum absolute atomic E-state index is 12.0. The second-order valence-corrected chi connectivity index (χ2v) is 10.1. The normalized spacial score (nSPS) is 23.7. The Labute approximate surface area is 149 Å². The summed E-state index contributed by atoms with van der Waals surface area (Å²) in [5, 5.41) is 6.89. The van der Waals surface area contributed by atoms with Crippen molar-refractivity contribution in [2.45, 2.75) is 57.2 Å². The molecule has 0 bridgehead atoms. The van der Waals surface area contributed by atoms with Crippen molar-refractivity contribution in [3.8, 4) is 0 Å². The third kappa shape index (κ3) is 7.94. The van der Waals surface area contributed by atoms with Gasteiger partial charge in [-0.15, -0.1) is 0 Å². The number of guanidine groups is 1. The monoisotopic (exact) mass is 380 g/mol. The molecule has 0 aromatic carbocycles. The molecule has 1 fully saturated rings. The van der Waals surface area contributed by atoms with E-state index >= 15 is 0 Å². The van der Waals surface area contributed by atoms with Crippen LogP contribution < -0.4 is 15.4 Å². The van der Waals surface area contributed by atoms with E-state index in [2.05, 4.69) is 20.3 Å². The van der Waals surface area contributed by atoms with Gasteiger partial charge in [-0.2, -0.15) is 0 Å². The van der Waals surface area contributed by atoms with Gasteiger partial charge in [-0.1, -0.05) is 13.3 Å². The van der Waals surface area contributed by atoms with Crippen LogP contribution in [0, 0.1) is 0 Å². The molecule has 1 saturated carbocycles. The first-order valence-corrected chi connectivity index (χ1v) is 11.8. The van der Waals surface area contributed by atoms with Gasteiger partial charge in [0.2, 0.25) is 10.0 Å². The largest absolute Gasteiger partial charge is 0.356 e. The molecular formula is C15H32N4O3S2. The number of nitrogens with one attached hydrogen (secondary N) is 3. The van der Waals surface area contributed by atoms with Crippen molar-refractivity contribution in [3.63, 3.8) is 0 Å². The quantitative estimate of drug-likeness (QED) is 0.308. The van der Waals surface area contributed by atoms with E-state index in [0.29, 0.717) is 25.6 Å². The standard InChI is InChI=1S/C15H32N4O3S2/c1-4-23(20)14-9-6-8-13(12-14)19-15(16-3)17-10-7-11-18-24(21,22)5-2/h13-14,18H,4-12H2,1-3H3,(H2,16,17,19). The van der Waals surface area contributed by atoms with E-state index in [4.69, 9.17) is 0 Å². The van der Waals surface area contributed by atoms with Gasteiger partial charge in [-0.05, 0) is 32.6 Å². The molecule has 0 aromatic heterocycles. The average Bonchev–Trinajstić information content (AvgIpc) is 2.59. The highest BCUT2D eigenvalue weighted by Gasteiger charge is 2.25. The summed E-state index contributed by atoms with van der Waals surface area (Å²) in [6.07, 6.45) is 4.80. The van der Waals surface area contributed by atoms with Crippen molar-refractivity contribution in [1.82, 2.24) is 15.4 Å². The molecule has 1 rings (SSSR count). The Hall–Kier alpha value is -0.670. The molecule has 3 atom stereocenters. The maximum atomic E-state index is 12.0. The van der Waals surface area contributed by atoms with Crippen LogP contribution in [-0.4, -0.2) is 61.5 Å². The van der Waals surface area contributed by atoms with E-state index in [9.17, 15) is 12.6 Å². The number of sulfonamides is 1. The molecule has 0 heterocycles. The lowest BCUT2D eigenvalue weighted by Crippen LogP contribution is -2.47. The lowest BCUT2D eigenvalue weighted by molar-refractivity contribution is 0.413. The summed E-state index contributed by atoms with van der Waals surface area (Å²) in [5.74, 6) is 1.55. The molecule has 0 spiro atoms. The van der Waals surface area contributed by atoms with Crippen molar-refractivity contribution in [2.24, 2.45) is 4.99 Å². The van der Waals surface area contributed by atoms with E-state index in [0.717, 1.165) is 37.4 Å². The summed E-state index contributed by atoms with van der Waals surface area (Å²) in [4.78, 5) is 4.21. The van der Waals surface area contributed by atoms with E-state index in [-0.39, 0.29) is 11.0 Å². The summed E-state index contributed by atoms with van der Waals surface area (Å²) in [6.45, 7) is 4.65. The summed E-state index contributed by atoms with van der Waals surface area (Å²) in [7, 11) is -2.13. The minimum Gasteiger partial charge on any atom is -0.356 e. The molecule has 24 heavy (non-hydrogen) atoms. The minimum absolute atomic E-state index is 0.103. The Kier molecular flexibility index (Phi) is 9.84. The van der Waals surface area contributed by atoms with Gasteiger partial charge < -0.3 is 10.6 Å². The topological polar surface area (TPSA) is 99.7 Å². The number of aliphatic imine (C=N–C) groups is 1. The van der Waals surface area contributed by atoms with Gasteiger partial charge in [0.25, 0.3) is 0 Å². The lowest BCUT2D eigenvalue weighted by atomic mass is 9.95. The molecule has 0 aromatic rings. The van der Waals surface area contributed by atoms with Crippen LogP contribution in [0.25, 0.3) is 0 Å². The van der Waals surface area contributed by atoms with Gasteiger partial charge in [-0.3, -0.25) is 9.20 Å². The van der Waals surface area contributed by atoms with E-state index in [1.807, 2.05) is 6.92 Å². The van der Waals surface area contributed by atoms with E-state index < -0.39 is 20.8 Å². The molecule has 3 unspecified atom stereocenters. The second-order valence-electron chi connectivity index (χ2n) is 5.95. The Morgan fingerprint density at radius 3 is 2.62 bits per heavy atom. The van der Waals surface area contributed by atoms with Gasteiger partial charge in [0.15, 0.2) is 5.96 Å². The predicted molar refractivity (Wildman–Crippen MR) is 101 cm³/mol. The average molecular weight is 381 g/mol. The second kappa shape index (κ2) is 11.0. The Bertz CT molecular complexity index is 523. The smallest absolute Gasteiger partial charge is 0.211 e. The maximum Gasteiger partial charge on any atom is 0.211 e. The number of rotatable bonds is 9. The van der Waals surface area contributed by atoms with Gasteiger partial charge in [-0.25, -0.2) is 13.1 Å². The van der Waals surface area contributed by atoms with Crippen LogP contribution in [0.2, 0.25) is 0 Å². The van der Waals surface area contributed by atoms with Crippen molar-refractivity contribution >= 4 is 26.8 Å².